The molecule has 0 fully saturated rings. The molecule has 3 rings (SSSR count). The van der Waals surface area contributed by atoms with E-state index >= 15 is 0 Å². The number of carbonyl (C=O) groups excluding carboxylic acids is 1. The zero-order valence-electron chi connectivity index (χ0n) is 13.8. The van der Waals surface area contributed by atoms with Crippen molar-refractivity contribution in [2.24, 2.45) is 0 Å². The molecule has 0 aliphatic rings. The Kier molecular flexibility index (Phi) is 5.12. The molecule has 0 saturated carbocycles. The number of carboxylic acids is 1. The van der Waals surface area contributed by atoms with E-state index in [1.807, 2.05) is 6.07 Å². The minimum atomic E-state index is -1.28. The lowest BCUT2D eigenvalue weighted by Gasteiger charge is -2.12. The van der Waals surface area contributed by atoms with Crippen molar-refractivity contribution in [1.82, 2.24) is 0 Å². The maximum atomic E-state index is 13.8. The van der Waals surface area contributed by atoms with E-state index in [1.54, 1.807) is 24.3 Å². The van der Waals surface area contributed by atoms with Crippen LogP contribution in [0.5, 0.6) is 11.5 Å². The Bertz CT molecular complexity index is 1010. The van der Waals surface area contributed by atoms with Crippen molar-refractivity contribution in [3.8, 4) is 11.5 Å². The Balaban J connectivity index is 1.91. The van der Waals surface area contributed by atoms with Gasteiger partial charge in [-0.25, -0.2) is 13.6 Å². The Morgan fingerprint density at radius 3 is 2.22 bits per heavy atom. The van der Waals surface area contributed by atoms with Crippen LogP contribution < -0.4 is 10.1 Å². The molecule has 0 spiro atoms. The standard InChI is InChI=1S/C20H13F2NO4/c21-12-6-8-15(17(22)10-12)19(24)23-18-11-14(7-9-16(18)20(25)26)27-13-4-2-1-3-5-13/h1-11H,(H,23,24)(H,25,26). The molecule has 0 unspecified atom stereocenters. The number of hydrogen-bond donors (Lipinski definition) is 2. The van der Waals surface area contributed by atoms with Crippen LogP contribution in [0.1, 0.15) is 20.7 Å². The first-order valence-corrected chi connectivity index (χ1v) is 7.80. The topological polar surface area (TPSA) is 75.6 Å². The summed E-state index contributed by atoms with van der Waals surface area (Å²) in [6.45, 7) is 0. The monoisotopic (exact) mass is 369 g/mol. The second-order valence-electron chi connectivity index (χ2n) is 5.51. The SMILES string of the molecule is O=C(Nc1cc(Oc2ccccc2)ccc1C(=O)O)c1ccc(F)cc1F. The van der Waals surface area contributed by atoms with E-state index in [2.05, 4.69) is 5.32 Å². The van der Waals surface area contributed by atoms with Gasteiger partial charge in [0.2, 0.25) is 0 Å². The van der Waals surface area contributed by atoms with Crippen LogP contribution in [0.3, 0.4) is 0 Å². The first kappa shape index (κ1) is 18.1. The summed E-state index contributed by atoms with van der Waals surface area (Å²) in [6, 6.07) is 15.2. The van der Waals surface area contributed by atoms with E-state index in [1.165, 1.54) is 18.2 Å². The molecule has 5 nitrogen and oxygen atoms in total. The van der Waals surface area contributed by atoms with Crippen LogP contribution in [0, 0.1) is 11.6 Å². The highest BCUT2D eigenvalue weighted by atomic mass is 19.1. The van der Waals surface area contributed by atoms with Crippen LogP contribution in [0.15, 0.2) is 66.7 Å². The molecule has 0 radical (unpaired) electrons. The predicted molar refractivity (Wildman–Crippen MR) is 94.2 cm³/mol. The molecule has 2 N–H and O–H groups in total. The summed E-state index contributed by atoms with van der Waals surface area (Å²) in [4.78, 5) is 23.7. The van der Waals surface area contributed by atoms with Crippen molar-refractivity contribution in [3.05, 3.63) is 89.5 Å². The molecule has 136 valence electrons. The zero-order valence-corrected chi connectivity index (χ0v) is 13.8. The minimum absolute atomic E-state index is 0.0790. The number of halogens is 2. The quantitative estimate of drug-likeness (QED) is 0.683. The number of para-hydroxylation sites is 1. The van der Waals surface area contributed by atoms with E-state index in [0.29, 0.717) is 11.8 Å². The number of anilines is 1. The largest absolute Gasteiger partial charge is 0.478 e. The van der Waals surface area contributed by atoms with Gasteiger partial charge >= 0.3 is 5.97 Å². The van der Waals surface area contributed by atoms with Crippen LogP contribution in [-0.2, 0) is 0 Å². The number of benzene rings is 3. The van der Waals surface area contributed by atoms with E-state index in [-0.39, 0.29) is 17.0 Å². The summed E-state index contributed by atoms with van der Waals surface area (Å²) in [6.07, 6.45) is 0. The van der Waals surface area contributed by atoms with Crippen LogP contribution in [0.2, 0.25) is 0 Å². The maximum Gasteiger partial charge on any atom is 0.337 e. The number of amides is 1. The van der Waals surface area contributed by atoms with Gasteiger partial charge in [0.25, 0.3) is 5.91 Å². The van der Waals surface area contributed by atoms with Gasteiger partial charge in [-0.3, -0.25) is 4.79 Å². The van der Waals surface area contributed by atoms with Crippen molar-refractivity contribution < 1.29 is 28.2 Å². The molecule has 3 aromatic rings. The molecule has 27 heavy (non-hydrogen) atoms. The summed E-state index contributed by atoms with van der Waals surface area (Å²) >= 11 is 0. The van der Waals surface area contributed by atoms with Crippen LogP contribution in [0.4, 0.5) is 14.5 Å². The van der Waals surface area contributed by atoms with Crippen molar-refractivity contribution in [2.45, 2.75) is 0 Å². The zero-order chi connectivity index (χ0) is 19.4. The number of ether oxygens (including phenoxy) is 1. The summed E-state index contributed by atoms with van der Waals surface area (Å²) in [5, 5.41) is 11.6. The van der Waals surface area contributed by atoms with Gasteiger partial charge in [-0.2, -0.15) is 0 Å². The number of carbonyl (C=O) groups is 2. The fraction of sp³-hybridized carbons (Fsp3) is 0. The Morgan fingerprint density at radius 2 is 1.56 bits per heavy atom. The molecular formula is C20H13F2NO4. The fourth-order valence-electron chi connectivity index (χ4n) is 2.36. The Labute approximate surface area is 152 Å². The van der Waals surface area contributed by atoms with Gasteiger partial charge < -0.3 is 15.2 Å². The predicted octanol–water partition coefficient (Wildman–Crippen LogP) is 4.71. The highest BCUT2D eigenvalue weighted by molar-refractivity contribution is 6.08. The molecule has 0 aliphatic carbocycles. The van der Waals surface area contributed by atoms with Crippen molar-refractivity contribution in [2.75, 3.05) is 5.32 Å². The molecule has 0 aromatic heterocycles. The van der Waals surface area contributed by atoms with Crippen LogP contribution in [0.25, 0.3) is 0 Å². The minimum Gasteiger partial charge on any atom is -0.478 e. The number of nitrogens with one attached hydrogen (secondary N) is 1. The second-order valence-corrected chi connectivity index (χ2v) is 5.51. The molecule has 0 aliphatic heterocycles. The van der Waals surface area contributed by atoms with Crippen molar-refractivity contribution >= 4 is 17.6 Å². The van der Waals surface area contributed by atoms with Crippen LogP contribution in [-0.4, -0.2) is 17.0 Å². The van der Waals surface area contributed by atoms with Gasteiger partial charge in [0, 0.05) is 12.1 Å². The molecule has 0 bridgehead atoms. The molecule has 0 atom stereocenters. The average Bonchev–Trinajstić information content (AvgIpc) is 2.62. The lowest BCUT2D eigenvalue weighted by atomic mass is 10.1. The van der Waals surface area contributed by atoms with E-state index in [9.17, 15) is 23.5 Å². The summed E-state index contributed by atoms with van der Waals surface area (Å²) in [5.41, 5.74) is -0.696. The Hall–Kier alpha value is -3.74. The second kappa shape index (κ2) is 7.65. The molecular weight excluding hydrogens is 356 g/mol. The van der Waals surface area contributed by atoms with Gasteiger partial charge in [-0.05, 0) is 36.4 Å². The molecule has 3 aromatic carbocycles. The van der Waals surface area contributed by atoms with Crippen molar-refractivity contribution in [3.63, 3.8) is 0 Å². The number of rotatable bonds is 5. The van der Waals surface area contributed by atoms with E-state index in [0.717, 1.165) is 12.1 Å². The Morgan fingerprint density at radius 1 is 0.852 bits per heavy atom. The van der Waals surface area contributed by atoms with Crippen LogP contribution >= 0.6 is 0 Å². The lowest BCUT2D eigenvalue weighted by Crippen LogP contribution is -2.16. The summed E-state index contributed by atoms with van der Waals surface area (Å²) in [7, 11) is 0. The highest BCUT2D eigenvalue weighted by Crippen LogP contribution is 2.27. The maximum absolute atomic E-state index is 13.8. The lowest BCUT2D eigenvalue weighted by molar-refractivity contribution is 0.0698. The molecule has 7 heteroatoms. The third kappa shape index (κ3) is 4.27. The first-order chi connectivity index (χ1) is 12.9. The molecule has 0 saturated heterocycles. The number of aromatic carboxylic acids is 1. The van der Waals surface area contributed by atoms with Crippen molar-refractivity contribution in [1.29, 1.82) is 0 Å². The number of carboxylic acid groups (broad SMARTS) is 1. The van der Waals surface area contributed by atoms with Gasteiger partial charge in [-0.15, -0.1) is 0 Å². The first-order valence-electron chi connectivity index (χ1n) is 7.80. The van der Waals surface area contributed by atoms with Gasteiger partial charge in [0.05, 0.1) is 16.8 Å². The fourth-order valence-corrected chi connectivity index (χ4v) is 2.36. The number of hydrogen-bond acceptors (Lipinski definition) is 3. The highest BCUT2D eigenvalue weighted by Gasteiger charge is 2.17. The summed E-state index contributed by atoms with van der Waals surface area (Å²) < 4.78 is 32.4. The summed E-state index contributed by atoms with van der Waals surface area (Å²) in [5.74, 6) is -3.28. The van der Waals surface area contributed by atoms with Gasteiger partial charge in [0.15, 0.2) is 0 Å². The van der Waals surface area contributed by atoms with E-state index < -0.39 is 29.1 Å². The smallest absolute Gasteiger partial charge is 0.337 e. The molecule has 1 amide bonds. The third-order valence-corrected chi connectivity index (χ3v) is 3.62. The normalized spacial score (nSPS) is 10.3. The molecule has 0 heterocycles. The van der Waals surface area contributed by atoms with Gasteiger partial charge in [-0.1, -0.05) is 18.2 Å². The van der Waals surface area contributed by atoms with E-state index in [4.69, 9.17) is 4.74 Å². The third-order valence-electron chi connectivity index (χ3n) is 3.62. The average molecular weight is 369 g/mol. The van der Waals surface area contributed by atoms with Gasteiger partial charge in [0.1, 0.15) is 23.1 Å².